The molecule has 2 aromatic carbocycles. The second kappa shape index (κ2) is 7.67. The van der Waals surface area contributed by atoms with Gasteiger partial charge in [-0.1, -0.05) is 36.4 Å². The molecule has 4 heteroatoms. The number of hydrogen-bond acceptors (Lipinski definition) is 4. The van der Waals surface area contributed by atoms with Crippen molar-refractivity contribution in [3.05, 3.63) is 59.7 Å². The van der Waals surface area contributed by atoms with E-state index in [0.29, 0.717) is 18.0 Å². The first kappa shape index (κ1) is 15.4. The summed E-state index contributed by atoms with van der Waals surface area (Å²) in [5.74, 6) is 1.42. The van der Waals surface area contributed by atoms with E-state index in [1.807, 2.05) is 48.5 Å². The lowest BCUT2D eigenvalue weighted by Gasteiger charge is -2.17. The fraction of sp³-hybridized carbons (Fsp3) is 0.294. The zero-order valence-corrected chi connectivity index (χ0v) is 12.4. The average Bonchev–Trinajstić information content (AvgIpc) is 2.56. The lowest BCUT2D eigenvalue weighted by molar-refractivity contribution is 0.243. The van der Waals surface area contributed by atoms with Crippen LogP contribution in [0.25, 0.3) is 0 Å². The lowest BCUT2D eigenvalue weighted by Crippen LogP contribution is -2.23. The first-order valence-electron chi connectivity index (χ1n) is 6.88. The molecule has 2 aromatic rings. The van der Waals surface area contributed by atoms with Crippen molar-refractivity contribution in [1.82, 2.24) is 5.32 Å². The van der Waals surface area contributed by atoms with Gasteiger partial charge >= 0.3 is 0 Å². The van der Waals surface area contributed by atoms with Crippen LogP contribution in [0.3, 0.4) is 0 Å². The van der Waals surface area contributed by atoms with Gasteiger partial charge < -0.3 is 19.9 Å². The number of ether oxygens (including phenoxy) is 2. The number of methoxy groups -OCH3 is 2. The topological polar surface area (TPSA) is 50.7 Å². The van der Waals surface area contributed by atoms with Crippen molar-refractivity contribution in [2.24, 2.45) is 0 Å². The van der Waals surface area contributed by atoms with Crippen molar-refractivity contribution in [2.75, 3.05) is 20.8 Å². The van der Waals surface area contributed by atoms with E-state index in [1.54, 1.807) is 14.2 Å². The van der Waals surface area contributed by atoms with Gasteiger partial charge in [0.15, 0.2) is 11.5 Å². The van der Waals surface area contributed by atoms with Gasteiger partial charge in [-0.15, -0.1) is 0 Å². The minimum Gasteiger partial charge on any atom is -0.493 e. The van der Waals surface area contributed by atoms with Crippen LogP contribution in [0, 0.1) is 0 Å². The van der Waals surface area contributed by atoms with Gasteiger partial charge in [0.05, 0.1) is 26.9 Å². The highest BCUT2D eigenvalue weighted by atomic mass is 16.5. The molecule has 4 nitrogen and oxygen atoms in total. The molecule has 112 valence electrons. The Hall–Kier alpha value is -2.04. The van der Waals surface area contributed by atoms with Gasteiger partial charge in [-0.2, -0.15) is 0 Å². The molecular formula is C17H21NO3. The van der Waals surface area contributed by atoms with Gasteiger partial charge in [-0.3, -0.25) is 0 Å². The number of aliphatic hydroxyl groups is 1. The molecule has 0 amide bonds. The summed E-state index contributed by atoms with van der Waals surface area (Å²) in [7, 11) is 3.24. The fourth-order valence-corrected chi connectivity index (χ4v) is 2.20. The summed E-state index contributed by atoms with van der Waals surface area (Å²) in [5, 5.41) is 12.9. The molecule has 2 rings (SSSR count). The Kier molecular flexibility index (Phi) is 5.60. The zero-order valence-electron chi connectivity index (χ0n) is 12.4. The number of rotatable bonds is 7. The highest BCUT2D eigenvalue weighted by Gasteiger charge is 2.10. The third-order valence-corrected chi connectivity index (χ3v) is 3.39. The molecule has 0 saturated heterocycles. The highest BCUT2D eigenvalue weighted by Crippen LogP contribution is 2.27. The van der Waals surface area contributed by atoms with Crippen LogP contribution in [0.1, 0.15) is 17.2 Å². The van der Waals surface area contributed by atoms with Crippen molar-refractivity contribution in [1.29, 1.82) is 0 Å². The number of hydrogen-bond donors (Lipinski definition) is 2. The zero-order chi connectivity index (χ0) is 15.1. The lowest BCUT2D eigenvalue weighted by atomic mass is 10.1. The van der Waals surface area contributed by atoms with E-state index in [-0.39, 0.29) is 12.6 Å². The summed E-state index contributed by atoms with van der Waals surface area (Å²) in [6.45, 7) is 0.692. The second-order valence-corrected chi connectivity index (χ2v) is 4.72. The van der Waals surface area contributed by atoms with Gasteiger partial charge in [0.25, 0.3) is 0 Å². The van der Waals surface area contributed by atoms with Crippen LogP contribution in [0.5, 0.6) is 11.5 Å². The average molecular weight is 287 g/mol. The molecule has 21 heavy (non-hydrogen) atoms. The Labute approximate surface area is 125 Å². The molecule has 0 saturated carbocycles. The Morgan fingerprint density at radius 3 is 2.33 bits per heavy atom. The normalized spacial score (nSPS) is 12.0. The monoisotopic (exact) mass is 287 g/mol. The van der Waals surface area contributed by atoms with E-state index in [4.69, 9.17) is 9.47 Å². The molecular weight excluding hydrogens is 266 g/mol. The van der Waals surface area contributed by atoms with Gasteiger partial charge in [-0.05, 0) is 23.3 Å². The molecule has 0 aliphatic carbocycles. The molecule has 0 aromatic heterocycles. The van der Waals surface area contributed by atoms with Crippen LogP contribution < -0.4 is 14.8 Å². The van der Waals surface area contributed by atoms with Gasteiger partial charge in [-0.25, -0.2) is 0 Å². The predicted molar refractivity (Wildman–Crippen MR) is 82.7 cm³/mol. The van der Waals surface area contributed by atoms with E-state index in [2.05, 4.69) is 5.32 Å². The van der Waals surface area contributed by atoms with Gasteiger partial charge in [0, 0.05) is 6.54 Å². The third-order valence-electron chi connectivity index (χ3n) is 3.39. The smallest absolute Gasteiger partial charge is 0.161 e. The van der Waals surface area contributed by atoms with E-state index in [0.717, 1.165) is 11.1 Å². The maximum atomic E-state index is 9.53. The fourth-order valence-electron chi connectivity index (χ4n) is 2.20. The van der Waals surface area contributed by atoms with Gasteiger partial charge in [0.2, 0.25) is 0 Å². The molecule has 0 bridgehead atoms. The van der Waals surface area contributed by atoms with Crippen molar-refractivity contribution in [3.8, 4) is 11.5 Å². The number of aliphatic hydroxyl groups excluding tert-OH is 1. The Bertz CT molecular complexity index is 557. The van der Waals surface area contributed by atoms with E-state index in [1.165, 1.54) is 0 Å². The summed E-state index contributed by atoms with van der Waals surface area (Å²) in [5.41, 5.74) is 2.14. The van der Waals surface area contributed by atoms with Crippen molar-refractivity contribution in [3.63, 3.8) is 0 Å². The highest BCUT2D eigenvalue weighted by molar-refractivity contribution is 5.42. The van der Waals surface area contributed by atoms with Crippen LogP contribution in [0.15, 0.2) is 48.5 Å². The van der Waals surface area contributed by atoms with Crippen molar-refractivity contribution in [2.45, 2.75) is 12.6 Å². The van der Waals surface area contributed by atoms with Crippen molar-refractivity contribution >= 4 is 0 Å². The molecule has 1 unspecified atom stereocenters. The van der Waals surface area contributed by atoms with E-state index < -0.39 is 0 Å². The molecule has 0 aliphatic rings. The standard InChI is InChI=1S/C17H21NO3/c1-20-16-9-8-13(10-17(16)21-2)11-18-15(12-19)14-6-4-3-5-7-14/h3-10,15,18-19H,11-12H2,1-2H3. The summed E-state index contributed by atoms with van der Waals surface area (Å²) < 4.78 is 10.5. The van der Waals surface area contributed by atoms with Crippen LogP contribution in [0.2, 0.25) is 0 Å². The molecule has 1 atom stereocenters. The van der Waals surface area contributed by atoms with E-state index >= 15 is 0 Å². The number of nitrogens with one attached hydrogen (secondary N) is 1. The first-order valence-corrected chi connectivity index (χ1v) is 6.88. The van der Waals surface area contributed by atoms with Crippen molar-refractivity contribution < 1.29 is 14.6 Å². The van der Waals surface area contributed by atoms with Gasteiger partial charge in [0.1, 0.15) is 0 Å². The SMILES string of the molecule is COc1ccc(CNC(CO)c2ccccc2)cc1OC. The molecule has 2 N–H and O–H groups in total. The third kappa shape index (κ3) is 3.97. The summed E-state index contributed by atoms with van der Waals surface area (Å²) in [6, 6.07) is 15.6. The molecule has 0 spiro atoms. The molecule has 0 heterocycles. The Morgan fingerprint density at radius 2 is 1.71 bits per heavy atom. The minimum absolute atomic E-state index is 0.0529. The quantitative estimate of drug-likeness (QED) is 0.821. The summed E-state index contributed by atoms with van der Waals surface area (Å²) in [6.07, 6.45) is 0. The summed E-state index contributed by atoms with van der Waals surface area (Å²) in [4.78, 5) is 0. The number of benzene rings is 2. The Balaban J connectivity index is 2.05. The largest absolute Gasteiger partial charge is 0.493 e. The van der Waals surface area contributed by atoms with E-state index in [9.17, 15) is 5.11 Å². The molecule has 0 radical (unpaired) electrons. The molecule has 0 fully saturated rings. The maximum Gasteiger partial charge on any atom is 0.161 e. The van der Waals surface area contributed by atoms with Crippen LogP contribution >= 0.6 is 0 Å². The van der Waals surface area contributed by atoms with Crippen LogP contribution in [0.4, 0.5) is 0 Å². The maximum absolute atomic E-state index is 9.53. The van der Waals surface area contributed by atoms with Crippen LogP contribution in [-0.2, 0) is 6.54 Å². The van der Waals surface area contributed by atoms with Crippen LogP contribution in [-0.4, -0.2) is 25.9 Å². The predicted octanol–water partition coefficient (Wildman–Crippen LogP) is 2.53. The first-order chi connectivity index (χ1) is 10.3. The second-order valence-electron chi connectivity index (χ2n) is 4.72. The summed E-state index contributed by atoms with van der Waals surface area (Å²) >= 11 is 0. The molecule has 0 aliphatic heterocycles. The Morgan fingerprint density at radius 1 is 1.00 bits per heavy atom. The minimum atomic E-state index is -0.0840.